The van der Waals surface area contributed by atoms with Crippen molar-refractivity contribution in [1.82, 2.24) is 0 Å². The maximum Gasteiger partial charge on any atom is 0.161 e. The van der Waals surface area contributed by atoms with E-state index in [0.717, 1.165) is 48.6 Å². The standard InChI is InChI=1S/C26H27ClN4O/c1-3-30(4-2)19-12-8-17(9-13-19)24-21(16-28)26(29)31(20-14-10-18(27)11-15-20)22-6-5-7-23(32)25(22)24/h8-15,24H,3-7,29H2,1-2H3. The molecule has 164 valence electrons. The number of rotatable bonds is 5. The Labute approximate surface area is 194 Å². The molecule has 0 saturated carbocycles. The van der Waals surface area contributed by atoms with Gasteiger partial charge in [-0.1, -0.05) is 23.7 Å². The van der Waals surface area contributed by atoms with E-state index in [9.17, 15) is 10.1 Å². The summed E-state index contributed by atoms with van der Waals surface area (Å²) in [6.45, 7) is 6.08. The molecule has 2 N–H and O–H groups in total. The van der Waals surface area contributed by atoms with Crippen molar-refractivity contribution in [3.05, 3.63) is 81.8 Å². The van der Waals surface area contributed by atoms with Crippen molar-refractivity contribution < 1.29 is 4.79 Å². The molecule has 1 heterocycles. The van der Waals surface area contributed by atoms with Crippen LogP contribution in [0.15, 0.2) is 71.2 Å². The second-order valence-corrected chi connectivity index (χ2v) is 8.49. The highest BCUT2D eigenvalue weighted by Gasteiger charge is 2.40. The van der Waals surface area contributed by atoms with Crippen molar-refractivity contribution in [2.24, 2.45) is 5.73 Å². The number of nitrogens with two attached hydrogens (primary N) is 1. The van der Waals surface area contributed by atoms with Crippen LogP contribution in [0.25, 0.3) is 0 Å². The van der Waals surface area contributed by atoms with E-state index in [2.05, 4.69) is 36.9 Å². The topological polar surface area (TPSA) is 73.4 Å². The monoisotopic (exact) mass is 446 g/mol. The molecule has 2 aliphatic rings. The van der Waals surface area contributed by atoms with Gasteiger partial charge < -0.3 is 10.6 Å². The zero-order valence-corrected chi connectivity index (χ0v) is 19.2. The Morgan fingerprint density at radius 2 is 1.75 bits per heavy atom. The van der Waals surface area contributed by atoms with Gasteiger partial charge in [-0.3, -0.25) is 9.69 Å². The number of nitrogens with zero attached hydrogens (tertiary/aromatic N) is 3. The van der Waals surface area contributed by atoms with Crippen LogP contribution in [-0.4, -0.2) is 18.9 Å². The molecule has 32 heavy (non-hydrogen) atoms. The summed E-state index contributed by atoms with van der Waals surface area (Å²) < 4.78 is 0. The lowest BCUT2D eigenvalue weighted by atomic mass is 9.75. The Morgan fingerprint density at radius 3 is 2.34 bits per heavy atom. The number of halogens is 1. The summed E-state index contributed by atoms with van der Waals surface area (Å²) >= 11 is 6.08. The highest BCUT2D eigenvalue weighted by atomic mass is 35.5. The fraction of sp³-hybridized carbons (Fsp3) is 0.308. The van der Waals surface area contributed by atoms with Gasteiger partial charge in [-0.15, -0.1) is 0 Å². The molecular weight excluding hydrogens is 420 g/mol. The van der Waals surface area contributed by atoms with Crippen LogP contribution in [0.4, 0.5) is 11.4 Å². The predicted molar refractivity (Wildman–Crippen MR) is 129 cm³/mol. The van der Waals surface area contributed by atoms with E-state index in [1.54, 1.807) is 12.1 Å². The molecule has 6 heteroatoms. The summed E-state index contributed by atoms with van der Waals surface area (Å²) in [5.74, 6) is 0.0153. The molecular formula is C26H27ClN4O. The van der Waals surface area contributed by atoms with Gasteiger partial charge in [0.2, 0.25) is 0 Å². The second kappa shape index (κ2) is 9.10. The molecule has 2 aromatic carbocycles. The number of anilines is 2. The number of ketones is 1. The molecule has 1 atom stereocenters. The van der Waals surface area contributed by atoms with Crippen molar-refractivity contribution in [2.45, 2.75) is 39.0 Å². The Bertz CT molecular complexity index is 1120. The van der Waals surface area contributed by atoms with Crippen LogP contribution in [0.3, 0.4) is 0 Å². The maximum atomic E-state index is 13.2. The molecule has 0 spiro atoms. The molecule has 5 nitrogen and oxygen atoms in total. The minimum atomic E-state index is -0.447. The summed E-state index contributed by atoms with van der Waals surface area (Å²) in [7, 11) is 0. The third-order valence-corrected chi connectivity index (χ3v) is 6.61. The molecule has 0 aromatic heterocycles. The van der Waals surface area contributed by atoms with Gasteiger partial charge in [-0.05, 0) is 68.7 Å². The fourth-order valence-electron chi connectivity index (χ4n) is 4.77. The minimum absolute atomic E-state index is 0.0864. The van der Waals surface area contributed by atoms with Crippen molar-refractivity contribution in [1.29, 1.82) is 5.26 Å². The van der Waals surface area contributed by atoms with Gasteiger partial charge in [-0.25, -0.2) is 0 Å². The van der Waals surface area contributed by atoms with Gasteiger partial charge in [0.1, 0.15) is 5.82 Å². The van der Waals surface area contributed by atoms with Gasteiger partial charge in [0.05, 0.1) is 17.6 Å². The van der Waals surface area contributed by atoms with Crippen molar-refractivity contribution in [3.8, 4) is 6.07 Å². The van der Waals surface area contributed by atoms with Crippen LogP contribution in [0.2, 0.25) is 5.02 Å². The van der Waals surface area contributed by atoms with Gasteiger partial charge >= 0.3 is 0 Å². The normalized spacial score (nSPS) is 18.5. The summed E-state index contributed by atoms with van der Waals surface area (Å²) in [6, 6.07) is 17.8. The zero-order valence-electron chi connectivity index (χ0n) is 18.4. The molecule has 1 aliphatic carbocycles. The predicted octanol–water partition coefficient (Wildman–Crippen LogP) is 5.49. The minimum Gasteiger partial charge on any atom is -0.384 e. The highest BCUT2D eigenvalue weighted by molar-refractivity contribution is 6.30. The van der Waals surface area contributed by atoms with Crippen LogP contribution < -0.4 is 15.5 Å². The molecule has 0 amide bonds. The SMILES string of the molecule is CCN(CC)c1ccc(C2C(C#N)=C(N)N(c3ccc(Cl)cc3)C3=C2C(=O)CCC3)cc1. The largest absolute Gasteiger partial charge is 0.384 e. The number of Topliss-reactive ketones (excluding diaryl/α,β-unsaturated/α-hetero) is 1. The van der Waals surface area contributed by atoms with E-state index in [4.69, 9.17) is 17.3 Å². The number of nitriles is 1. The number of benzene rings is 2. The molecule has 0 bridgehead atoms. The first-order chi connectivity index (χ1) is 15.5. The van der Waals surface area contributed by atoms with E-state index in [0.29, 0.717) is 28.4 Å². The highest BCUT2D eigenvalue weighted by Crippen LogP contribution is 2.46. The van der Waals surface area contributed by atoms with Gasteiger partial charge in [-0.2, -0.15) is 5.26 Å². The molecule has 1 aliphatic heterocycles. The van der Waals surface area contributed by atoms with Gasteiger partial charge in [0.15, 0.2) is 5.78 Å². The number of carbonyl (C=O) groups excluding carboxylic acids is 1. The average Bonchev–Trinajstić information content (AvgIpc) is 2.81. The van der Waals surface area contributed by atoms with Crippen molar-refractivity contribution in [2.75, 3.05) is 22.9 Å². The van der Waals surface area contributed by atoms with Crippen LogP contribution >= 0.6 is 11.6 Å². The number of hydrogen-bond donors (Lipinski definition) is 1. The third kappa shape index (κ3) is 3.76. The van der Waals surface area contributed by atoms with E-state index in [-0.39, 0.29) is 5.78 Å². The van der Waals surface area contributed by atoms with Gasteiger partial charge in [0, 0.05) is 47.2 Å². The Balaban J connectivity index is 1.86. The van der Waals surface area contributed by atoms with Crippen LogP contribution in [0.5, 0.6) is 0 Å². The Morgan fingerprint density at radius 1 is 1.09 bits per heavy atom. The van der Waals surface area contributed by atoms with E-state index >= 15 is 0 Å². The average molecular weight is 447 g/mol. The first kappa shape index (κ1) is 22.0. The van der Waals surface area contributed by atoms with E-state index < -0.39 is 5.92 Å². The Kier molecular flexibility index (Phi) is 6.25. The zero-order chi connectivity index (χ0) is 22.8. The van der Waals surface area contributed by atoms with Gasteiger partial charge in [0.25, 0.3) is 0 Å². The van der Waals surface area contributed by atoms with Crippen LogP contribution in [0, 0.1) is 11.3 Å². The summed E-state index contributed by atoms with van der Waals surface area (Å²) in [6.07, 6.45) is 1.99. The fourth-order valence-corrected chi connectivity index (χ4v) is 4.90. The van der Waals surface area contributed by atoms with Crippen LogP contribution in [0.1, 0.15) is 44.6 Å². The molecule has 4 rings (SSSR count). The number of hydrogen-bond acceptors (Lipinski definition) is 5. The summed E-state index contributed by atoms with van der Waals surface area (Å²) in [4.78, 5) is 17.3. The summed E-state index contributed by atoms with van der Waals surface area (Å²) in [5, 5.41) is 10.7. The lowest BCUT2D eigenvalue weighted by molar-refractivity contribution is -0.116. The quantitative estimate of drug-likeness (QED) is 0.657. The molecule has 2 aromatic rings. The molecule has 0 radical (unpaired) electrons. The Hall–Kier alpha value is -3.23. The van der Waals surface area contributed by atoms with E-state index in [1.807, 2.05) is 29.2 Å². The third-order valence-electron chi connectivity index (χ3n) is 6.35. The number of allylic oxidation sites excluding steroid dienone is 3. The molecule has 0 saturated heterocycles. The molecule has 0 fully saturated rings. The molecule has 1 unspecified atom stereocenters. The first-order valence-electron chi connectivity index (χ1n) is 11.1. The lowest BCUT2D eigenvalue weighted by Crippen LogP contribution is -2.38. The van der Waals surface area contributed by atoms with E-state index in [1.165, 1.54) is 0 Å². The number of carbonyl (C=O) groups is 1. The smallest absolute Gasteiger partial charge is 0.161 e. The maximum absolute atomic E-state index is 13.2. The first-order valence-corrected chi connectivity index (χ1v) is 11.4. The second-order valence-electron chi connectivity index (χ2n) is 8.06. The lowest BCUT2D eigenvalue weighted by Gasteiger charge is -2.39. The van der Waals surface area contributed by atoms with Crippen molar-refractivity contribution in [3.63, 3.8) is 0 Å². The summed E-state index contributed by atoms with van der Waals surface area (Å²) in [5.41, 5.74) is 11.4. The van der Waals surface area contributed by atoms with Crippen LogP contribution in [-0.2, 0) is 4.79 Å². The van der Waals surface area contributed by atoms with Crippen molar-refractivity contribution >= 4 is 28.8 Å².